The largest absolute Gasteiger partial charge is 0.463 e. The molecule has 0 aliphatic carbocycles. The van der Waals surface area contributed by atoms with Gasteiger partial charge in [-0.1, -0.05) is 78.9 Å². The number of hydrogen-bond acceptors (Lipinski definition) is 2. The van der Waals surface area contributed by atoms with E-state index >= 15 is 0 Å². The van der Waals surface area contributed by atoms with Gasteiger partial charge in [0.15, 0.2) is 0 Å². The summed E-state index contributed by atoms with van der Waals surface area (Å²) in [6, 6.07) is 41.3. The van der Waals surface area contributed by atoms with Crippen LogP contribution in [-0.2, 0) is 15.7 Å². The second kappa shape index (κ2) is 11.1. The first-order valence-corrected chi connectivity index (χ1v) is 13.6. The zero-order valence-electron chi connectivity index (χ0n) is 19.7. The molecule has 0 saturated carbocycles. The zero-order chi connectivity index (χ0) is 23.8. The van der Waals surface area contributed by atoms with E-state index in [2.05, 4.69) is 115 Å². The van der Waals surface area contributed by atoms with Crippen LogP contribution in [0.25, 0.3) is 5.57 Å². The third kappa shape index (κ3) is 5.19. The van der Waals surface area contributed by atoms with Crippen LogP contribution in [0.5, 0.6) is 0 Å². The number of esters is 1. The molecule has 0 N–H and O–H groups in total. The first kappa shape index (κ1) is 23.7. The molecule has 0 saturated heterocycles. The Kier molecular flexibility index (Phi) is 7.72. The average Bonchev–Trinajstić information content (AvgIpc) is 2.89. The molecule has 2 nitrogen and oxygen atoms in total. The topological polar surface area (TPSA) is 26.3 Å². The van der Waals surface area contributed by atoms with Crippen LogP contribution in [-0.4, -0.2) is 12.6 Å². The van der Waals surface area contributed by atoms with Crippen LogP contribution < -0.4 is 15.9 Å². The third-order valence-electron chi connectivity index (χ3n) is 6.04. The van der Waals surface area contributed by atoms with Gasteiger partial charge < -0.3 is 4.74 Å². The summed E-state index contributed by atoms with van der Waals surface area (Å²) in [5, 5.41) is 4.11. The SMILES string of the molecule is CCOC(=O)C=C(C)c1ccc(C[P+](c2ccccc2)(c2ccccc2)c2ccccc2)cc1. The highest BCUT2D eigenvalue weighted by atomic mass is 31.2. The lowest BCUT2D eigenvalue weighted by Gasteiger charge is -2.28. The molecule has 0 spiro atoms. The number of ether oxygens (including phenoxy) is 1. The number of rotatable bonds is 8. The van der Waals surface area contributed by atoms with E-state index in [-0.39, 0.29) is 5.97 Å². The second-order valence-electron chi connectivity index (χ2n) is 8.25. The van der Waals surface area contributed by atoms with Crippen LogP contribution >= 0.6 is 7.26 Å². The van der Waals surface area contributed by atoms with Crippen molar-refractivity contribution in [2.45, 2.75) is 20.0 Å². The molecule has 0 aliphatic rings. The highest BCUT2D eigenvalue weighted by Crippen LogP contribution is 2.58. The molecule has 170 valence electrons. The lowest BCUT2D eigenvalue weighted by Crippen LogP contribution is -2.32. The minimum absolute atomic E-state index is 0.300. The average molecular weight is 466 g/mol. The Balaban J connectivity index is 1.79. The number of benzene rings is 4. The molecule has 0 radical (unpaired) electrons. The van der Waals surface area contributed by atoms with Crippen LogP contribution in [0.15, 0.2) is 121 Å². The van der Waals surface area contributed by atoms with Crippen molar-refractivity contribution in [3.8, 4) is 0 Å². The summed E-state index contributed by atoms with van der Waals surface area (Å²) in [7, 11) is -1.93. The Hall–Kier alpha value is -3.48. The van der Waals surface area contributed by atoms with E-state index in [1.807, 2.05) is 13.8 Å². The fourth-order valence-electron chi connectivity index (χ4n) is 4.36. The van der Waals surface area contributed by atoms with Crippen molar-refractivity contribution in [2.24, 2.45) is 0 Å². The van der Waals surface area contributed by atoms with Gasteiger partial charge in [0.25, 0.3) is 0 Å². The molecule has 0 heterocycles. The molecule has 4 aromatic carbocycles. The Labute approximate surface area is 203 Å². The van der Waals surface area contributed by atoms with Gasteiger partial charge >= 0.3 is 5.97 Å². The molecule has 4 aromatic rings. The predicted molar refractivity (Wildman–Crippen MR) is 146 cm³/mol. The van der Waals surface area contributed by atoms with E-state index in [1.165, 1.54) is 21.5 Å². The minimum atomic E-state index is -1.93. The normalized spacial score (nSPS) is 11.8. The van der Waals surface area contributed by atoms with Gasteiger partial charge in [0.1, 0.15) is 23.2 Å². The molecule has 0 fully saturated rings. The Morgan fingerprint density at radius 1 is 0.706 bits per heavy atom. The minimum Gasteiger partial charge on any atom is -0.463 e. The summed E-state index contributed by atoms with van der Waals surface area (Å²) in [6.07, 6.45) is 2.49. The highest BCUT2D eigenvalue weighted by Gasteiger charge is 2.45. The molecular formula is C31H30O2P+. The third-order valence-corrected chi connectivity index (χ3v) is 10.4. The van der Waals surface area contributed by atoms with Crippen molar-refractivity contribution in [3.63, 3.8) is 0 Å². The van der Waals surface area contributed by atoms with Gasteiger partial charge in [0.2, 0.25) is 0 Å². The lowest BCUT2D eigenvalue weighted by molar-refractivity contribution is -0.137. The monoisotopic (exact) mass is 465 g/mol. The van der Waals surface area contributed by atoms with Gasteiger partial charge in [-0.15, -0.1) is 0 Å². The van der Waals surface area contributed by atoms with Crippen LogP contribution in [0.2, 0.25) is 0 Å². The summed E-state index contributed by atoms with van der Waals surface area (Å²) >= 11 is 0. The quantitative estimate of drug-likeness (QED) is 0.177. The molecule has 3 heteroatoms. The smallest absolute Gasteiger partial charge is 0.331 e. The first-order chi connectivity index (χ1) is 16.6. The predicted octanol–water partition coefficient (Wildman–Crippen LogP) is 6.15. The van der Waals surface area contributed by atoms with Gasteiger partial charge in [-0.2, -0.15) is 0 Å². The maximum absolute atomic E-state index is 11.9. The highest BCUT2D eigenvalue weighted by molar-refractivity contribution is 7.95. The maximum Gasteiger partial charge on any atom is 0.331 e. The summed E-state index contributed by atoms with van der Waals surface area (Å²) < 4.78 is 5.06. The van der Waals surface area contributed by atoms with Crippen molar-refractivity contribution in [1.82, 2.24) is 0 Å². The Morgan fingerprint density at radius 3 is 1.56 bits per heavy atom. The van der Waals surface area contributed by atoms with Gasteiger partial charge in [0.05, 0.1) is 12.8 Å². The zero-order valence-corrected chi connectivity index (χ0v) is 20.6. The van der Waals surface area contributed by atoms with E-state index in [4.69, 9.17) is 4.74 Å². The van der Waals surface area contributed by atoms with Gasteiger partial charge in [-0.05, 0) is 66.9 Å². The molecule has 0 aliphatic heterocycles. The van der Waals surface area contributed by atoms with E-state index in [9.17, 15) is 4.79 Å². The second-order valence-corrected chi connectivity index (χ2v) is 11.7. The molecule has 0 bridgehead atoms. The number of hydrogen-bond donors (Lipinski definition) is 0. The molecule has 34 heavy (non-hydrogen) atoms. The summed E-state index contributed by atoms with van der Waals surface area (Å²) in [4.78, 5) is 11.9. The van der Waals surface area contributed by atoms with Crippen LogP contribution in [0, 0.1) is 0 Å². The van der Waals surface area contributed by atoms with Crippen LogP contribution in [0.3, 0.4) is 0 Å². The van der Waals surface area contributed by atoms with Crippen LogP contribution in [0.1, 0.15) is 25.0 Å². The summed E-state index contributed by atoms with van der Waals surface area (Å²) in [5.74, 6) is -0.300. The van der Waals surface area contributed by atoms with Crippen LogP contribution in [0.4, 0.5) is 0 Å². The van der Waals surface area contributed by atoms with E-state index < -0.39 is 7.26 Å². The van der Waals surface area contributed by atoms with Gasteiger partial charge in [-0.25, -0.2) is 4.79 Å². The molecule has 4 rings (SSSR count). The van der Waals surface area contributed by atoms with Crippen molar-refractivity contribution in [1.29, 1.82) is 0 Å². The van der Waals surface area contributed by atoms with E-state index in [0.29, 0.717) is 6.61 Å². The number of allylic oxidation sites excluding steroid dienone is 1. The van der Waals surface area contributed by atoms with E-state index in [0.717, 1.165) is 17.3 Å². The number of carbonyl (C=O) groups excluding carboxylic acids is 1. The van der Waals surface area contributed by atoms with Crippen molar-refractivity contribution < 1.29 is 9.53 Å². The molecule has 0 aromatic heterocycles. The molecule has 0 amide bonds. The fourth-order valence-corrected chi connectivity index (χ4v) is 8.60. The van der Waals surface area contributed by atoms with E-state index in [1.54, 1.807) is 6.08 Å². The fraction of sp³-hybridized carbons (Fsp3) is 0.129. The summed E-state index contributed by atoms with van der Waals surface area (Å²) in [5.41, 5.74) is 3.21. The van der Waals surface area contributed by atoms with Gasteiger partial charge in [0, 0.05) is 6.08 Å². The van der Waals surface area contributed by atoms with Gasteiger partial charge in [-0.3, -0.25) is 0 Å². The summed E-state index contributed by atoms with van der Waals surface area (Å²) in [6.45, 7) is 4.14. The van der Waals surface area contributed by atoms with Crippen molar-refractivity contribution >= 4 is 34.7 Å². The van der Waals surface area contributed by atoms with Crippen molar-refractivity contribution in [2.75, 3.05) is 6.61 Å². The number of carbonyl (C=O) groups is 1. The van der Waals surface area contributed by atoms with Crippen molar-refractivity contribution in [3.05, 3.63) is 132 Å². The Bertz CT molecular complexity index is 1130. The standard InChI is InChI=1S/C31H30O2P/c1-3-33-31(32)23-25(2)27-21-19-26(20-22-27)24-34(28-13-7-4-8-14-28,29-15-9-5-10-16-29)30-17-11-6-12-18-30/h4-23H,3,24H2,1-2H3/q+1. The molecular weight excluding hydrogens is 435 g/mol. The molecule has 0 unspecified atom stereocenters. The maximum atomic E-state index is 11.9. The Morgan fingerprint density at radius 2 is 1.15 bits per heavy atom. The lowest BCUT2D eigenvalue weighted by atomic mass is 10.1. The first-order valence-electron chi connectivity index (χ1n) is 11.6. The molecule has 0 atom stereocenters.